The number of hydrogen-bond donors (Lipinski definition) is 1. The summed E-state index contributed by atoms with van der Waals surface area (Å²) in [6.45, 7) is 7.44. The Morgan fingerprint density at radius 2 is 1.89 bits per heavy atom. The summed E-state index contributed by atoms with van der Waals surface area (Å²) in [5, 5.41) is 2.76. The van der Waals surface area contributed by atoms with Crippen LogP contribution >= 0.6 is 0 Å². The van der Waals surface area contributed by atoms with Gasteiger partial charge in [-0.15, -0.1) is 0 Å². The predicted molar refractivity (Wildman–Crippen MR) is 74.3 cm³/mol. The van der Waals surface area contributed by atoms with Crippen molar-refractivity contribution in [3.8, 4) is 0 Å². The van der Waals surface area contributed by atoms with E-state index in [4.69, 9.17) is 4.74 Å². The number of benzene rings is 1. The van der Waals surface area contributed by atoms with E-state index in [1.165, 1.54) is 0 Å². The fraction of sp³-hybridized carbons (Fsp3) is 0.400. The van der Waals surface area contributed by atoms with Gasteiger partial charge >= 0.3 is 6.09 Å². The van der Waals surface area contributed by atoms with Crippen LogP contribution in [0.2, 0.25) is 0 Å². The molecule has 0 saturated carbocycles. The van der Waals surface area contributed by atoms with Gasteiger partial charge in [-0.05, 0) is 33.3 Å². The SMILES string of the molecule is C[C@H](C=Cc1ccccc1)NC(=O)OC(C)(C)C. The van der Waals surface area contributed by atoms with E-state index in [1.54, 1.807) is 0 Å². The van der Waals surface area contributed by atoms with Gasteiger partial charge in [-0.1, -0.05) is 42.5 Å². The Bertz CT molecular complexity index is 404. The number of amides is 1. The van der Waals surface area contributed by atoms with Crippen LogP contribution in [0.3, 0.4) is 0 Å². The minimum Gasteiger partial charge on any atom is -0.444 e. The number of ether oxygens (including phenoxy) is 1. The molecule has 1 amide bonds. The molecule has 0 aliphatic rings. The molecule has 18 heavy (non-hydrogen) atoms. The fourth-order valence-electron chi connectivity index (χ4n) is 1.36. The summed E-state index contributed by atoms with van der Waals surface area (Å²) in [7, 11) is 0. The van der Waals surface area contributed by atoms with Gasteiger partial charge in [0, 0.05) is 6.04 Å². The molecule has 3 heteroatoms. The topological polar surface area (TPSA) is 38.3 Å². The van der Waals surface area contributed by atoms with Gasteiger partial charge < -0.3 is 10.1 Å². The zero-order valence-corrected chi connectivity index (χ0v) is 11.4. The molecular weight excluding hydrogens is 226 g/mol. The number of nitrogens with one attached hydrogen (secondary N) is 1. The monoisotopic (exact) mass is 247 g/mol. The van der Waals surface area contributed by atoms with Gasteiger partial charge in [0.15, 0.2) is 0 Å². The van der Waals surface area contributed by atoms with Gasteiger partial charge in [-0.2, -0.15) is 0 Å². The second-order valence-electron chi connectivity index (χ2n) is 5.20. The van der Waals surface area contributed by atoms with E-state index >= 15 is 0 Å². The zero-order valence-electron chi connectivity index (χ0n) is 11.4. The lowest BCUT2D eigenvalue weighted by Crippen LogP contribution is -2.36. The van der Waals surface area contributed by atoms with Crippen LogP contribution in [0.25, 0.3) is 6.08 Å². The first-order valence-corrected chi connectivity index (χ1v) is 6.09. The lowest BCUT2D eigenvalue weighted by Gasteiger charge is -2.20. The number of alkyl carbamates (subject to hydrolysis) is 1. The van der Waals surface area contributed by atoms with Crippen LogP contribution in [0.5, 0.6) is 0 Å². The van der Waals surface area contributed by atoms with E-state index in [2.05, 4.69) is 5.32 Å². The molecule has 0 aromatic heterocycles. The summed E-state index contributed by atoms with van der Waals surface area (Å²) < 4.78 is 5.18. The lowest BCUT2D eigenvalue weighted by molar-refractivity contribution is 0.0518. The maximum absolute atomic E-state index is 11.5. The van der Waals surface area contributed by atoms with Crippen LogP contribution in [0.4, 0.5) is 4.79 Å². The number of hydrogen-bond acceptors (Lipinski definition) is 2. The second-order valence-corrected chi connectivity index (χ2v) is 5.20. The summed E-state index contributed by atoms with van der Waals surface area (Å²) >= 11 is 0. The molecule has 0 aliphatic carbocycles. The zero-order chi connectivity index (χ0) is 13.6. The third-order valence-electron chi connectivity index (χ3n) is 2.12. The second kappa shape index (κ2) is 6.24. The summed E-state index contributed by atoms with van der Waals surface area (Å²) in [5.41, 5.74) is 0.641. The molecule has 1 N–H and O–H groups in total. The van der Waals surface area contributed by atoms with Crippen molar-refractivity contribution in [3.05, 3.63) is 42.0 Å². The summed E-state index contributed by atoms with van der Waals surface area (Å²) in [6, 6.07) is 9.88. The molecule has 0 radical (unpaired) electrons. The molecule has 1 atom stereocenters. The Balaban J connectivity index is 2.45. The molecule has 1 rings (SSSR count). The number of carbonyl (C=O) groups excluding carboxylic acids is 1. The number of rotatable bonds is 3. The molecule has 1 aromatic carbocycles. The predicted octanol–water partition coefficient (Wildman–Crippen LogP) is 3.61. The summed E-state index contributed by atoms with van der Waals surface area (Å²) in [4.78, 5) is 11.5. The Morgan fingerprint density at radius 3 is 2.44 bits per heavy atom. The Hall–Kier alpha value is -1.77. The average Bonchev–Trinajstić information content (AvgIpc) is 2.25. The molecule has 3 nitrogen and oxygen atoms in total. The minimum atomic E-state index is -0.465. The van der Waals surface area contributed by atoms with Crippen LogP contribution in [0.1, 0.15) is 33.3 Å². The van der Waals surface area contributed by atoms with Crippen LogP contribution in [-0.4, -0.2) is 17.7 Å². The average molecular weight is 247 g/mol. The van der Waals surface area contributed by atoms with E-state index in [0.29, 0.717) is 0 Å². The molecule has 0 spiro atoms. The fourth-order valence-corrected chi connectivity index (χ4v) is 1.36. The van der Waals surface area contributed by atoms with Crippen molar-refractivity contribution in [2.45, 2.75) is 39.3 Å². The highest BCUT2D eigenvalue weighted by Gasteiger charge is 2.16. The van der Waals surface area contributed by atoms with Gasteiger partial charge in [0.25, 0.3) is 0 Å². The van der Waals surface area contributed by atoms with Gasteiger partial charge in [0.05, 0.1) is 0 Å². The van der Waals surface area contributed by atoms with E-state index in [0.717, 1.165) is 5.56 Å². The third-order valence-corrected chi connectivity index (χ3v) is 2.12. The van der Waals surface area contributed by atoms with Crippen LogP contribution in [-0.2, 0) is 4.74 Å². The van der Waals surface area contributed by atoms with Gasteiger partial charge in [-0.25, -0.2) is 4.79 Å². The van der Waals surface area contributed by atoms with E-state index < -0.39 is 11.7 Å². The molecule has 0 saturated heterocycles. The van der Waals surface area contributed by atoms with Crippen molar-refractivity contribution < 1.29 is 9.53 Å². The molecule has 0 aliphatic heterocycles. The molecule has 1 aromatic rings. The first-order chi connectivity index (χ1) is 8.37. The van der Waals surface area contributed by atoms with E-state index in [-0.39, 0.29) is 6.04 Å². The smallest absolute Gasteiger partial charge is 0.408 e. The number of carbonyl (C=O) groups is 1. The highest BCUT2D eigenvalue weighted by molar-refractivity contribution is 5.68. The molecule has 0 fully saturated rings. The van der Waals surface area contributed by atoms with Crippen molar-refractivity contribution in [3.63, 3.8) is 0 Å². The molecule has 0 bridgehead atoms. The Kier molecular flexibility index (Phi) is 4.95. The molecule has 98 valence electrons. The first kappa shape index (κ1) is 14.3. The first-order valence-electron chi connectivity index (χ1n) is 6.09. The van der Waals surface area contributed by atoms with Crippen LogP contribution < -0.4 is 5.32 Å². The third kappa shape index (κ3) is 6.09. The Labute approximate surface area is 109 Å². The normalized spacial score (nSPS) is 13.3. The Morgan fingerprint density at radius 1 is 1.28 bits per heavy atom. The summed E-state index contributed by atoms with van der Waals surface area (Å²) in [6.07, 6.45) is 3.51. The van der Waals surface area contributed by atoms with Gasteiger partial charge in [0.1, 0.15) is 5.60 Å². The van der Waals surface area contributed by atoms with E-state index in [1.807, 2.05) is 70.2 Å². The van der Waals surface area contributed by atoms with E-state index in [9.17, 15) is 4.79 Å². The van der Waals surface area contributed by atoms with Crippen molar-refractivity contribution in [1.82, 2.24) is 5.32 Å². The van der Waals surface area contributed by atoms with Crippen molar-refractivity contribution in [1.29, 1.82) is 0 Å². The molecule has 0 unspecified atom stereocenters. The quantitative estimate of drug-likeness (QED) is 0.886. The standard InChI is InChI=1S/C15H21NO2/c1-12(16-14(17)18-15(2,3)4)10-11-13-8-6-5-7-9-13/h5-12H,1-4H3,(H,16,17)/t12-/m1/s1. The van der Waals surface area contributed by atoms with Crippen LogP contribution in [0, 0.1) is 0 Å². The van der Waals surface area contributed by atoms with Gasteiger partial charge in [-0.3, -0.25) is 0 Å². The maximum Gasteiger partial charge on any atom is 0.408 e. The minimum absolute atomic E-state index is 0.0694. The molecule has 0 heterocycles. The highest BCUT2D eigenvalue weighted by atomic mass is 16.6. The highest BCUT2D eigenvalue weighted by Crippen LogP contribution is 2.07. The lowest BCUT2D eigenvalue weighted by atomic mass is 10.2. The van der Waals surface area contributed by atoms with Crippen molar-refractivity contribution in [2.75, 3.05) is 0 Å². The van der Waals surface area contributed by atoms with Gasteiger partial charge in [0.2, 0.25) is 0 Å². The molecular formula is C15H21NO2. The summed E-state index contributed by atoms with van der Waals surface area (Å²) in [5.74, 6) is 0. The maximum atomic E-state index is 11.5. The van der Waals surface area contributed by atoms with Crippen molar-refractivity contribution >= 4 is 12.2 Å². The largest absolute Gasteiger partial charge is 0.444 e. The van der Waals surface area contributed by atoms with Crippen molar-refractivity contribution in [2.24, 2.45) is 0 Å². The van der Waals surface area contributed by atoms with Crippen LogP contribution in [0.15, 0.2) is 36.4 Å².